The minimum atomic E-state index is 0.0711. The van der Waals surface area contributed by atoms with E-state index >= 15 is 0 Å². The van der Waals surface area contributed by atoms with Crippen LogP contribution in [-0.2, 0) is 6.54 Å². The largest absolute Gasteiger partial charge is 0.441 e. The molecule has 0 saturated heterocycles. The van der Waals surface area contributed by atoms with Crippen LogP contribution in [0.5, 0.6) is 0 Å². The third kappa shape index (κ3) is 2.71. The van der Waals surface area contributed by atoms with Crippen LogP contribution in [0.3, 0.4) is 0 Å². The molecule has 0 amide bonds. The zero-order chi connectivity index (χ0) is 12.3. The maximum absolute atomic E-state index is 8.18. The van der Waals surface area contributed by atoms with Crippen molar-refractivity contribution in [2.24, 2.45) is 5.11 Å². The first-order chi connectivity index (χ1) is 8.20. The van der Waals surface area contributed by atoms with Gasteiger partial charge in [0.15, 0.2) is 5.76 Å². The summed E-state index contributed by atoms with van der Waals surface area (Å²) in [5.41, 5.74) is 8.87. The van der Waals surface area contributed by atoms with E-state index < -0.39 is 0 Å². The van der Waals surface area contributed by atoms with Crippen LogP contribution in [-0.4, -0.2) is 4.98 Å². The molecule has 86 valence electrons. The standard InChI is InChI=1S/C10H6Cl2N4O/c11-6-1-2-7(8(12)3-6)9-4-14-10(17-9)5-15-16-13/h1-4H,5H2. The van der Waals surface area contributed by atoms with E-state index in [0.717, 1.165) is 0 Å². The smallest absolute Gasteiger partial charge is 0.200 e. The van der Waals surface area contributed by atoms with E-state index in [1.807, 2.05) is 0 Å². The molecule has 1 aromatic heterocycles. The van der Waals surface area contributed by atoms with Gasteiger partial charge >= 0.3 is 0 Å². The van der Waals surface area contributed by atoms with Crippen molar-refractivity contribution in [3.63, 3.8) is 0 Å². The van der Waals surface area contributed by atoms with Gasteiger partial charge in [-0.25, -0.2) is 4.98 Å². The van der Waals surface area contributed by atoms with Crippen LogP contribution in [0.1, 0.15) is 5.89 Å². The molecule has 0 saturated carbocycles. The van der Waals surface area contributed by atoms with Crippen molar-refractivity contribution >= 4 is 23.2 Å². The Morgan fingerprint density at radius 3 is 2.94 bits per heavy atom. The van der Waals surface area contributed by atoms with Gasteiger partial charge in [0, 0.05) is 15.5 Å². The highest BCUT2D eigenvalue weighted by atomic mass is 35.5. The second-order valence-corrected chi connectivity index (χ2v) is 3.98. The monoisotopic (exact) mass is 268 g/mol. The number of hydrogen-bond acceptors (Lipinski definition) is 3. The maximum atomic E-state index is 8.18. The molecule has 0 atom stereocenters. The first-order valence-corrected chi connectivity index (χ1v) is 5.37. The first kappa shape index (κ1) is 11.8. The van der Waals surface area contributed by atoms with Gasteiger partial charge in [0.25, 0.3) is 0 Å². The summed E-state index contributed by atoms with van der Waals surface area (Å²) in [5, 5.41) is 4.38. The maximum Gasteiger partial charge on any atom is 0.200 e. The third-order valence-electron chi connectivity index (χ3n) is 2.02. The van der Waals surface area contributed by atoms with Gasteiger partial charge < -0.3 is 4.42 Å². The molecule has 0 bridgehead atoms. The molecule has 0 aliphatic rings. The summed E-state index contributed by atoms with van der Waals surface area (Å²) in [4.78, 5) is 6.59. The van der Waals surface area contributed by atoms with Gasteiger partial charge in [-0.3, -0.25) is 0 Å². The van der Waals surface area contributed by atoms with Gasteiger partial charge in [0.2, 0.25) is 5.89 Å². The molecule has 7 heteroatoms. The summed E-state index contributed by atoms with van der Waals surface area (Å²) in [6, 6.07) is 5.06. The molecule has 2 aromatic rings. The highest BCUT2D eigenvalue weighted by Gasteiger charge is 2.09. The number of aromatic nitrogens is 1. The van der Waals surface area contributed by atoms with E-state index in [1.54, 1.807) is 18.2 Å². The minimum absolute atomic E-state index is 0.0711. The summed E-state index contributed by atoms with van der Waals surface area (Å²) in [6.45, 7) is 0.0711. The van der Waals surface area contributed by atoms with Crippen molar-refractivity contribution in [3.8, 4) is 11.3 Å². The highest BCUT2D eigenvalue weighted by Crippen LogP contribution is 2.30. The lowest BCUT2D eigenvalue weighted by Crippen LogP contribution is -1.77. The molecule has 0 unspecified atom stereocenters. The molecule has 0 spiro atoms. The Balaban J connectivity index is 2.33. The molecule has 1 heterocycles. The van der Waals surface area contributed by atoms with Crippen molar-refractivity contribution in [2.45, 2.75) is 6.54 Å². The second kappa shape index (κ2) is 5.10. The number of rotatable bonds is 3. The van der Waals surface area contributed by atoms with Crippen LogP contribution in [0.15, 0.2) is 33.9 Å². The molecule has 5 nitrogen and oxygen atoms in total. The van der Waals surface area contributed by atoms with E-state index in [-0.39, 0.29) is 6.54 Å². The van der Waals surface area contributed by atoms with E-state index in [0.29, 0.717) is 27.3 Å². The summed E-state index contributed by atoms with van der Waals surface area (Å²) in [6.07, 6.45) is 1.53. The van der Waals surface area contributed by atoms with Crippen LogP contribution in [0, 0.1) is 0 Å². The van der Waals surface area contributed by atoms with Crippen molar-refractivity contribution < 1.29 is 4.42 Å². The highest BCUT2D eigenvalue weighted by molar-refractivity contribution is 6.36. The third-order valence-corrected chi connectivity index (χ3v) is 2.57. The fourth-order valence-electron chi connectivity index (χ4n) is 1.29. The topological polar surface area (TPSA) is 74.8 Å². The normalized spacial score (nSPS) is 10.0. The zero-order valence-electron chi connectivity index (χ0n) is 8.47. The fourth-order valence-corrected chi connectivity index (χ4v) is 1.79. The predicted octanol–water partition coefficient (Wildman–Crippen LogP) is 4.46. The number of oxazole rings is 1. The Bertz CT molecular complexity index is 590. The molecule has 0 radical (unpaired) electrons. The Hall–Kier alpha value is -1.68. The lowest BCUT2D eigenvalue weighted by Gasteiger charge is -1.99. The molecular formula is C10H6Cl2N4O. The molecule has 2 rings (SSSR count). The lowest BCUT2D eigenvalue weighted by atomic mass is 10.2. The summed E-state index contributed by atoms with van der Waals surface area (Å²) >= 11 is 11.8. The van der Waals surface area contributed by atoms with Gasteiger partial charge in [-0.05, 0) is 23.7 Å². The molecule has 1 aromatic carbocycles. The van der Waals surface area contributed by atoms with Crippen LogP contribution in [0.4, 0.5) is 0 Å². The summed E-state index contributed by atoms with van der Waals surface area (Å²) in [7, 11) is 0. The number of hydrogen-bond donors (Lipinski definition) is 0. The van der Waals surface area contributed by atoms with E-state index in [4.69, 9.17) is 33.2 Å². The molecule has 17 heavy (non-hydrogen) atoms. The van der Waals surface area contributed by atoms with Gasteiger partial charge in [0.1, 0.15) is 6.54 Å². The van der Waals surface area contributed by atoms with Gasteiger partial charge in [-0.15, -0.1) is 0 Å². The quantitative estimate of drug-likeness (QED) is 0.468. The molecular weight excluding hydrogens is 263 g/mol. The fraction of sp³-hybridized carbons (Fsp3) is 0.100. The Morgan fingerprint density at radius 2 is 2.24 bits per heavy atom. The minimum Gasteiger partial charge on any atom is -0.441 e. The van der Waals surface area contributed by atoms with E-state index in [2.05, 4.69) is 15.0 Å². The van der Waals surface area contributed by atoms with Gasteiger partial charge in [-0.2, -0.15) is 0 Å². The van der Waals surface area contributed by atoms with Crippen LogP contribution in [0.25, 0.3) is 21.8 Å². The van der Waals surface area contributed by atoms with Crippen LogP contribution >= 0.6 is 23.2 Å². The second-order valence-electron chi connectivity index (χ2n) is 3.13. The van der Waals surface area contributed by atoms with Crippen LogP contribution < -0.4 is 0 Å². The average Bonchev–Trinajstić information content (AvgIpc) is 2.75. The number of benzene rings is 1. The van der Waals surface area contributed by atoms with Crippen molar-refractivity contribution in [3.05, 3.63) is 50.8 Å². The van der Waals surface area contributed by atoms with Gasteiger partial charge in [0.05, 0.1) is 11.2 Å². The molecule has 0 N–H and O–H groups in total. The summed E-state index contributed by atoms with van der Waals surface area (Å²) < 4.78 is 5.39. The van der Waals surface area contributed by atoms with Gasteiger partial charge in [-0.1, -0.05) is 28.3 Å². The molecule has 0 fully saturated rings. The number of azide groups is 1. The summed E-state index contributed by atoms with van der Waals surface area (Å²) in [5.74, 6) is 0.846. The van der Waals surface area contributed by atoms with E-state index in [1.165, 1.54) is 6.20 Å². The van der Waals surface area contributed by atoms with Crippen LogP contribution in [0.2, 0.25) is 10.0 Å². The van der Waals surface area contributed by atoms with Crippen molar-refractivity contribution in [1.82, 2.24) is 4.98 Å². The Labute approximate surface area is 107 Å². The predicted molar refractivity (Wildman–Crippen MR) is 64.8 cm³/mol. The Morgan fingerprint density at radius 1 is 1.41 bits per heavy atom. The lowest BCUT2D eigenvalue weighted by molar-refractivity contribution is 0.509. The first-order valence-electron chi connectivity index (χ1n) is 4.61. The SMILES string of the molecule is [N-]=[N+]=NCc1ncc(-c2ccc(Cl)cc2Cl)o1. The zero-order valence-corrected chi connectivity index (χ0v) is 9.98. The molecule has 0 aliphatic heterocycles. The molecule has 0 aliphatic carbocycles. The number of nitrogens with zero attached hydrogens (tertiary/aromatic N) is 4. The Kier molecular flexibility index (Phi) is 3.54. The average molecular weight is 269 g/mol. The number of halogens is 2. The van der Waals surface area contributed by atoms with E-state index in [9.17, 15) is 0 Å². The van der Waals surface area contributed by atoms with Crippen molar-refractivity contribution in [2.75, 3.05) is 0 Å². The van der Waals surface area contributed by atoms with Crippen molar-refractivity contribution in [1.29, 1.82) is 0 Å².